The van der Waals surface area contributed by atoms with Gasteiger partial charge in [-0.05, 0) is 24.3 Å². The van der Waals surface area contributed by atoms with Crippen molar-refractivity contribution in [2.75, 3.05) is 13.1 Å². The number of hydrogen-bond donors (Lipinski definition) is 2. The zero-order chi connectivity index (χ0) is 18.9. The summed E-state index contributed by atoms with van der Waals surface area (Å²) in [5.74, 6) is 0.524. The van der Waals surface area contributed by atoms with Crippen LogP contribution in [-0.4, -0.2) is 49.8 Å². The average Bonchev–Trinajstić information content (AvgIpc) is 3.37. The number of aliphatic carboxylic acids is 1. The monoisotopic (exact) mass is 369 g/mol. The lowest BCUT2D eigenvalue weighted by molar-refractivity contribution is -0.165. The van der Waals surface area contributed by atoms with Crippen LogP contribution in [0.3, 0.4) is 0 Å². The molecule has 6 nitrogen and oxygen atoms in total. The van der Waals surface area contributed by atoms with Gasteiger partial charge in [0.1, 0.15) is 11.2 Å². The predicted molar refractivity (Wildman–Crippen MR) is 101 cm³/mol. The van der Waals surface area contributed by atoms with Crippen LogP contribution in [0.15, 0.2) is 42.7 Å². The van der Waals surface area contributed by atoms with Crippen LogP contribution in [0.5, 0.6) is 0 Å². The second-order valence-electron chi connectivity index (χ2n) is 8.08. The molecule has 2 heterocycles. The number of carboxylic acid groups (broad SMARTS) is 1. The van der Waals surface area contributed by atoms with Crippen molar-refractivity contribution in [3.05, 3.63) is 54.1 Å². The summed E-state index contributed by atoms with van der Waals surface area (Å²) in [5, 5.41) is 20.5. The van der Waals surface area contributed by atoms with Crippen molar-refractivity contribution >= 4 is 5.97 Å². The molecular formula is C21H27N3O3. The molecule has 6 heteroatoms. The smallest absolute Gasteiger partial charge is 0.313 e. The van der Waals surface area contributed by atoms with E-state index in [-0.39, 0.29) is 0 Å². The molecule has 2 fully saturated rings. The largest absolute Gasteiger partial charge is 0.481 e. The molecule has 1 aliphatic carbocycles. The summed E-state index contributed by atoms with van der Waals surface area (Å²) in [6.07, 6.45) is 6.25. The second kappa shape index (κ2) is 7.44. The summed E-state index contributed by atoms with van der Waals surface area (Å²) >= 11 is 0. The number of likely N-dealkylation sites (tertiary alicyclic amines) is 1. The molecule has 0 unspecified atom stereocenters. The Labute approximate surface area is 159 Å². The van der Waals surface area contributed by atoms with Gasteiger partial charge in [0.05, 0.1) is 12.6 Å². The van der Waals surface area contributed by atoms with Crippen molar-refractivity contribution in [1.82, 2.24) is 14.5 Å². The van der Waals surface area contributed by atoms with E-state index >= 15 is 0 Å². The van der Waals surface area contributed by atoms with Gasteiger partial charge in [0.15, 0.2) is 0 Å². The van der Waals surface area contributed by atoms with E-state index < -0.39 is 17.5 Å². The van der Waals surface area contributed by atoms with Crippen LogP contribution in [-0.2, 0) is 17.9 Å². The van der Waals surface area contributed by atoms with Crippen LogP contribution >= 0.6 is 0 Å². The summed E-state index contributed by atoms with van der Waals surface area (Å²) in [6, 6.07) is 10.2. The first-order valence-corrected chi connectivity index (χ1v) is 9.74. The highest BCUT2D eigenvalue weighted by Gasteiger charge is 2.51. The Morgan fingerprint density at radius 1 is 1.19 bits per heavy atom. The van der Waals surface area contributed by atoms with Crippen LogP contribution in [0.2, 0.25) is 0 Å². The Morgan fingerprint density at radius 3 is 2.67 bits per heavy atom. The van der Waals surface area contributed by atoms with Crippen molar-refractivity contribution in [2.24, 2.45) is 11.3 Å². The molecule has 144 valence electrons. The third-order valence-electron chi connectivity index (χ3n) is 6.00. The first-order chi connectivity index (χ1) is 13.1. The van der Waals surface area contributed by atoms with E-state index in [9.17, 15) is 15.0 Å². The van der Waals surface area contributed by atoms with E-state index in [1.54, 1.807) is 6.20 Å². The van der Waals surface area contributed by atoms with E-state index in [1.165, 1.54) is 5.56 Å². The minimum absolute atomic E-state index is 0.387. The number of nitrogens with zero attached hydrogens (tertiary/aromatic N) is 3. The van der Waals surface area contributed by atoms with Crippen LogP contribution < -0.4 is 0 Å². The van der Waals surface area contributed by atoms with Crippen LogP contribution in [0.25, 0.3) is 0 Å². The Kier molecular flexibility index (Phi) is 5.02. The average molecular weight is 369 g/mol. The van der Waals surface area contributed by atoms with Crippen LogP contribution in [0.4, 0.5) is 0 Å². The van der Waals surface area contributed by atoms with Crippen molar-refractivity contribution < 1.29 is 15.0 Å². The first-order valence-electron chi connectivity index (χ1n) is 9.74. The van der Waals surface area contributed by atoms with Crippen LogP contribution in [0.1, 0.15) is 37.1 Å². The van der Waals surface area contributed by atoms with Gasteiger partial charge in [-0.25, -0.2) is 4.98 Å². The van der Waals surface area contributed by atoms with Crippen LogP contribution in [0, 0.1) is 11.3 Å². The lowest BCUT2D eigenvalue weighted by Gasteiger charge is -2.43. The number of benzene rings is 1. The Hall–Kier alpha value is -2.18. The Morgan fingerprint density at radius 2 is 1.96 bits per heavy atom. The number of hydrogen-bond acceptors (Lipinski definition) is 4. The standard InChI is InChI=1S/C21H27N3O3/c25-18-8-10-23(15-21(18,20(26)27)12-16-6-7-16)14-19-22-9-11-24(19)13-17-4-2-1-3-5-17/h1-5,9,11,16,18,25H,6-8,10,12-15H2,(H,26,27)/t18-,21-/m1/s1. The van der Waals surface area contributed by atoms with Crippen molar-refractivity contribution in [3.8, 4) is 0 Å². The lowest BCUT2D eigenvalue weighted by Crippen LogP contribution is -2.56. The van der Waals surface area contributed by atoms with Gasteiger partial charge in [-0.3, -0.25) is 9.69 Å². The fourth-order valence-corrected chi connectivity index (χ4v) is 4.25. The molecule has 1 aliphatic heterocycles. The SMILES string of the molecule is O=C(O)[C@]1(CC2CC2)CN(Cc2nccn2Cc2ccccc2)CC[C@H]1O. The van der Waals surface area contributed by atoms with E-state index in [2.05, 4.69) is 26.6 Å². The second-order valence-corrected chi connectivity index (χ2v) is 8.08. The van der Waals surface area contributed by atoms with Gasteiger partial charge < -0.3 is 14.8 Å². The maximum atomic E-state index is 12.1. The quantitative estimate of drug-likeness (QED) is 0.783. The molecule has 0 spiro atoms. The summed E-state index contributed by atoms with van der Waals surface area (Å²) in [4.78, 5) is 18.7. The Bertz CT molecular complexity index is 787. The molecule has 1 saturated heterocycles. The highest BCUT2D eigenvalue weighted by atomic mass is 16.4. The third kappa shape index (κ3) is 3.92. The minimum atomic E-state index is -1.05. The maximum absolute atomic E-state index is 12.1. The molecule has 1 aromatic carbocycles. The third-order valence-corrected chi connectivity index (χ3v) is 6.00. The Balaban J connectivity index is 1.48. The minimum Gasteiger partial charge on any atom is -0.481 e. The lowest BCUT2D eigenvalue weighted by atomic mass is 9.73. The van der Waals surface area contributed by atoms with Gasteiger partial charge >= 0.3 is 5.97 Å². The predicted octanol–water partition coefficient (Wildman–Crippen LogP) is 2.37. The number of piperidine rings is 1. The van der Waals surface area contributed by atoms with Crippen molar-refractivity contribution in [1.29, 1.82) is 0 Å². The van der Waals surface area contributed by atoms with E-state index in [1.807, 2.05) is 24.4 Å². The molecule has 2 aromatic rings. The van der Waals surface area contributed by atoms with E-state index in [0.29, 0.717) is 38.4 Å². The molecular weight excluding hydrogens is 342 g/mol. The number of aromatic nitrogens is 2. The molecule has 1 aromatic heterocycles. The van der Waals surface area contributed by atoms with Gasteiger partial charge in [-0.2, -0.15) is 0 Å². The van der Waals surface area contributed by atoms with E-state index in [0.717, 1.165) is 25.2 Å². The maximum Gasteiger partial charge on any atom is 0.313 e. The van der Waals surface area contributed by atoms with Gasteiger partial charge in [0.25, 0.3) is 0 Å². The fourth-order valence-electron chi connectivity index (χ4n) is 4.25. The van der Waals surface area contributed by atoms with Gasteiger partial charge in [0, 0.05) is 32.0 Å². The zero-order valence-electron chi connectivity index (χ0n) is 15.5. The molecule has 2 N–H and O–H groups in total. The molecule has 27 heavy (non-hydrogen) atoms. The van der Waals surface area contributed by atoms with Gasteiger partial charge in [0.2, 0.25) is 0 Å². The topological polar surface area (TPSA) is 78.6 Å². The van der Waals surface area contributed by atoms with Crippen molar-refractivity contribution in [2.45, 2.75) is 44.9 Å². The molecule has 1 saturated carbocycles. The molecule has 0 radical (unpaired) electrons. The number of aliphatic hydroxyl groups excluding tert-OH is 1. The number of rotatable bonds is 7. The molecule has 4 rings (SSSR count). The van der Waals surface area contributed by atoms with Gasteiger partial charge in [-0.1, -0.05) is 43.2 Å². The molecule has 0 amide bonds. The molecule has 0 bridgehead atoms. The van der Waals surface area contributed by atoms with E-state index in [4.69, 9.17) is 0 Å². The summed E-state index contributed by atoms with van der Waals surface area (Å²) in [5.41, 5.74) is 0.162. The van der Waals surface area contributed by atoms with Crippen molar-refractivity contribution in [3.63, 3.8) is 0 Å². The number of carbonyl (C=O) groups is 1. The number of imidazole rings is 1. The summed E-state index contributed by atoms with van der Waals surface area (Å²) < 4.78 is 2.11. The molecule has 2 atom stereocenters. The normalized spacial score (nSPS) is 26.2. The zero-order valence-corrected chi connectivity index (χ0v) is 15.5. The fraction of sp³-hybridized carbons (Fsp3) is 0.524. The summed E-state index contributed by atoms with van der Waals surface area (Å²) in [6.45, 7) is 2.43. The number of carboxylic acids is 1. The highest BCUT2D eigenvalue weighted by molar-refractivity contribution is 5.76. The highest BCUT2D eigenvalue weighted by Crippen LogP contribution is 2.45. The summed E-state index contributed by atoms with van der Waals surface area (Å²) in [7, 11) is 0. The molecule has 2 aliphatic rings. The number of aliphatic hydroxyl groups is 1. The van der Waals surface area contributed by atoms with Gasteiger partial charge in [-0.15, -0.1) is 0 Å². The first kappa shape index (κ1) is 18.2.